The van der Waals surface area contributed by atoms with Gasteiger partial charge in [-0.05, 0) is 33.6 Å². The molecule has 7 heteroatoms. The van der Waals surface area contributed by atoms with Crippen molar-refractivity contribution in [3.63, 3.8) is 0 Å². The summed E-state index contributed by atoms with van der Waals surface area (Å²) >= 11 is 6.48. The fourth-order valence-corrected chi connectivity index (χ4v) is 2.84. The quantitative estimate of drug-likeness (QED) is 0.634. The Hall–Kier alpha value is -1.14. The lowest BCUT2D eigenvalue weighted by Crippen LogP contribution is -2.59. The van der Waals surface area contributed by atoms with Crippen molar-refractivity contribution in [3.8, 4) is 0 Å². The van der Waals surface area contributed by atoms with Gasteiger partial charge in [-0.15, -0.1) is 11.6 Å². The van der Waals surface area contributed by atoms with Crippen molar-refractivity contribution in [1.29, 1.82) is 0 Å². The molecular weight excluding hydrogens is 282 g/mol. The normalized spacial score (nSPS) is 20.2. The number of rotatable bonds is 6. The molecule has 1 aliphatic rings. The molecule has 1 aliphatic carbocycles. The Morgan fingerprint density at radius 1 is 1.55 bits per heavy atom. The predicted molar refractivity (Wildman–Crippen MR) is 73.2 cm³/mol. The molecule has 1 aromatic heterocycles. The molecule has 0 radical (unpaired) electrons. The molecule has 0 spiro atoms. The third-order valence-corrected chi connectivity index (χ3v) is 4.80. The van der Waals surface area contributed by atoms with Gasteiger partial charge in [0.25, 0.3) is 0 Å². The van der Waals surface area contributed by atoms with Gasteiger partial charge < -0.3 is 9.84 Å². The van der Waals surface area contributed by atoms with Gasteiger partial charge in [0, 0.05) is 0 Å². The molecule has 1 heterocycles. The maximum atomic E-state index is 12.2. The lowest BCUT2D eigenvalue weighted by atomic mass is 9.71. The first-order valence-electron chi connectivity index (χ1n) is 6.68. The van der Waals surface area contributed by atoms with Crippen LogP contribution in [0.15, 0.2) is 12.7 Å². The second-order valence-corrected chi connectivity index (χ2v) is 6.49. The van der Waals surface area contributed by atoms with E-state index in [1.54, 1.807) is 20.8 Å². The Bertz CT molecular complexity index is 485. The SMILES string of the molecule is CCOC(=O)C(C)(C)C(O)(Cn1cncn1)C1(Cl)CC1. The Balaban J connectivity index is 2.34. The van der Waals surface area contributed by atoms with Crippen LogP contribution in [0.2, 0.25) is 0 Å². The number of ether oxygens (including phenoxy) is 1. The minimum atomic E-state index is -1.46. The maximum absolute atomic E-state index is 12.2. The molecule has 0 amide bonds. The molecule has 1 saturated carbocycles. The number of carbonyl (C=O) groups is 1. The zero-order valence-corrected chi connectivity index (χ0v) is 12.7. The third kappa shape index (κ3) is 2.31. The van der Waals surface area contributed by atoms with Crippen molar-refractivity contribution in [2.45, 2.75) is 50.6 Å². The smallest absolute Gasteiger partial charge is 0.314 e. The summed E-state index contributed by atoms with van der Waals surface area (Å²) in [6.45, 7) is 5.41. The average molecular weight is 302 g/mol. The number of halogens is 1. The van der Waals surface area contributed by atoms with Crippen molar-refractivity contribution in [2.24, 2.45) is 5.41 Å². The van der Waals surface area contributed by atoms with Gasteiger partial charge in [0.2, 0.25) is 0 Å². The van der Waals surface area contributed by atoms with Crippen molar-refractivity contribution in [2.75, 3.05) is 6.61 Å². The van der Waals surface area contributed by atoms with Gasteiger partial charge in [-0.25, -0.2) is 9.67 Å². The van der Waals surface area contributed by atoms with Crippen LogP contribution in [0, 0.1) is 5.41 Å². The molecule has 112 valence electrons. The highest BCUT2D eigenvalue weighted by Crippen LogP contribution is 2.58. The molecule has 0 bridgehead atoms. The fraction of sp³-hybridized carbons (Fsp3) is 0.769. The molecule has 1 aromatic rings. The molecule has 0 saturated heterocycles. The molecule has 20 heavy (non-hydrogen) atoms. The molecular formula is C13H20ClN3O3. The molecule has 6 nitrogen and oxygen atoms in total. The van der Waals surface area contributed by atoms with Gasteiger partial charge in [0.1, 0.15) is 18.3 Å². The lowest BCUT2D eigenvalue weighted by molar-refractivity contribution is -0.175. The van der Waals surface area contributed by atoms with E-state index in [9.17, 15) is 9.90 Å². The lowest BCUT2D eigenvalue weighted by Gasteiger charge is -2.43. The zero-order chi connectivity index (χ0) is 15.0. The van der Waals surface area contributed by atoms with E-state index in [2.05, 4.69) is 10.1 Å². The Morgan fingerprint density at radius 2 is 2.20 bits per heavy atom. The van der Waals surface area contributed by atoms with E-state index in [1.165, 1.54) is 17.3 Å². The number of hydrogen-bond donors (Lipinski definition) is 1. The number of aromatic nitrogens is 3. The fourth-order valence-electron chi connectivity index (χ4n) is 2.45. The number of nitrogens with zero attached hydrogens (tertiary/aromatic N) is 3. The molecule has 0 aromatic carbocycles. The van der Waals surface area contributed by atoms with E-state index >= 15 is 0 Å². The van der Waals surface area contributed by atoms with Crippen LogP contribution in [0.25, 0.3) is 0 Å². The molecule has 1 N–H and O–H groups in total. The monoisotopic (exact) mass is 301 g/mol. The van der Waals surface area contributed by atoms with Crippen molar-refractivity contribution < 1.29 is 14.6 Å². The second-order valence-electron chi connectivity index (χ2n) is 5.76. The van der Waals surface area contributed by atoms with E-state index in [4.69, 9.17) is 16.3 Å². The summed E-state index contributed by atoms with van der Waals surface area (Å²) in [5, 5.41) is 15.2. The van der Waals surface area contributed by atoms with Gasteiger partial charge in [0.05, 0.1) is 23.4 Å². The van der Waals surface area contributed by atoms with Crippen LogP contribution in [0.1, 0.15) is 33.6 Å². The van der Waals surface area contributed by atoms with Crippen LogP contribution in [0.4, 0.5) is 0 Å². The van der Waals surface area contributed by atoms with E-state index in [-0.39, 0.29) is 13.2 Å². The van der Waals surface area contributed by atoms with Crippen molar-refractivity contribution in [3.05, 3.63) is 12.7 Å². The minimum absolute atomic E-state index is 0.0995. The summed E-state index contributed by atoms with van der Waals surface area (Å²) in [4.78, 5) is 15.3. The average Bonchev–Trinajstić information content (AvgIpc) is 2.94. The highest BCUT2D eigenvalue weighted by Gasteiger charge is 2.67. The number of alkyl halides is 1. The zero-order valence-electron chi connectivity index (χ0n) is 12.0. The van der Waals surface area contributed by atoms with Gasteiger partial charge in [-0.3, -0.25) is 4.79 Å². The van der Waals surface area contributed by atoms with Gasteiger partial charge in [0.15, 0.2) is 0 Å². The predicted octanol–water partition coefficient (Wildman–Crippen LogP) is 1.37. The van der Waals surface area contributed by atoms with Crippen LogP contribution in [-0.4, -0.2) is 42.9 Å². The largest absolute Gasteiger partial charge is 0.465 e. The van der Waals surface area contributed by atoms with E-state index in [0.717, 1.165) is 0 Å². The number of esters is 1. The van der Waals surface area contributed by atoms with Crippen LogP contribution in [0.5, 0.6) is 0 Å². The Labute approximate surface area is 123 Å². The van der Waals surface area contributed by atoms with Gasteiger partial charge in [-0.1, -0.05) is 0 Å². The van der Waals surface area contributed by atoms with E-state index < -0.39 is 21.9 Å². The van der Waals surface area contributed by atoms with Crippen LogP contribution >= 0.6 is 11.6 Å². The third-order valence-electron chi connectivity index (χ3n) is 4.11. The molecule has 0 aliphatic heterocycles. The number of hydrogen-bond acceptors (Lipinski definition) is 5. The summed E-state index contributed by atoms with van der Waals surface area (Å²) in [6.07, 6.45) is 4.19. The first-order valence-corrected chi connectivity index (χ1v) is 7.05. The summed E-state index contributed by atoms with van der Waals surface area (Å²) in [5.41, 5.74) is -2.60. The van der Waals surface area contributed by atoms with Crippen molar-refractivity contribution >= 4 is 17.6 Å². The van der Waals surface area contributed by atoms with E-state index in [0.29, 0.717) is 12.8 Å². The van der Waals surface area contributed by atoms with Crippen molar-refractivity contribution in [1.82, 2.24) is 14.8 Å². The molecule has 1 atom stereocenters. The summed E-state index contributed by atoms with van der Waals surface area (Å²) in [7, 11) is 0. The van der Waals surface area contributed by atoms with Crippen LogP contribution in [0.3, 0.4) is 0 Å². The summed E-state index contributed by atoms with van der Waals surface area (Å²) < 4.78 is 6.58. The minimum Gasteiger partial charge on any atom is -0.465 e. The maximum Gasteiger partial charge on any atom is 0.314 e. The molecule has 2 rings (SSSR count). The first kappa shape index (κ1) is 15.3. The van der Waals surface area contributed by atoms with Crippen LogP contribution in [-0.2, 0) is 16.1 Å². The first-order chi connectivity index (χ1) is 9.27. The molecule has 1 fully saturated rings. The highest BCUT2D eigenvalue weighted by atomic mass is 35.5. The van der Waals surface area contributed by atoms with Gasteiger partial charge in [-0.2, -0.15) is 5.10 Å². The van der Waals surface area contributed by atoms with E-state index in [1.807, 2.05) is 0 Å². The van der Waals surface area contributed by atoms with Gasteiger partial charge >= 0.3 is 5.97 Å². The van der Waals surface area contributed by atoms with Crippen LogP contribution < -0.4 is 0 Å². The second kappa shape index (κ2) is 5.00. The standard InChI is InChI=1S/C13H20ClN3O3/c1-4-20-10(18)11(2,3)13(19,12(14)5-6-12)7-17-9-15-8-16-17/h8-9,19H,4-7H2,1-3H3. The summed E-state index contributed by atoms with van der Waals surface area (Å²) in [5.74, 6) is -0.463. The highest BCUT2D eigenvalue weighted by molar-refractivity contribution is 6.27. The summed E-state index contributed by atoms with van der Waals surface area (Å²) in [6, 6.07) is 0. The Morgan fingerprint density at radius 3 is 2.65 bits per heavy atom. The Kier molecular flexibility index (Phi) is 3.81. The topological polar surface area (TPSA) is 77.2 Å². The number of carbonyl (C=O) groups excluding carboxylic acids is 1. The molecule has 1 unspecified atom stereocenters. The number of aliphatic hydroxyl groups is 1.